The minimum atomic E-state index is -3.20. The summed E-state index contributed by atoms with van der Waals surface area (Å²) in [5.41, 5.74) is 4.03. The molecule has 1 unspecified atom stereocenters. The van der Waals surface area contributed by atoms with Gasteiger partial charge in [0.15, 0.2) is 6.26 Å². The van der Waals surface area contributed by atoms with Crippen molar-refractivity contribution in [2.45, 2.75) is 13.2 Å². The van der Waals surface area contributed by atoms with Gasteiger partial charge in [-0.05, 0) is 44.7 Å². The summed E-state index contributed by atoms with van der Waals surface area (Å²) in [6.07, 6.45) is 1.16. The maximum atomic E-state index is 11.2. The molecule has 0 aliphatic rings. The highest BCUT2D eigenvalue weighted by Gasteiger charge is 2.17. The van der Waals surface area contributed by atoms with Gasteiger partial charge in [0.25, 0.3) is 0 Å². The summed E-state index contributed by atoms with van der Waals surface area (Å²) in [4.78, 5) is 0. The Balaban J connectivity index is 1.65. The molecule has 134 valence electrons. The van der Waals surface area contributed by atoms with Gasteiger partial charge < -0.3 is 4.74 Å². The van der Waals surface area contributed by atoms with Crippen LogP contribution in [0.4, 0.5) is 0 Å². The second kappa shape index (κ2) is 8.27. The molecule has 3 aromatic rings. The van der Waals surface area contributed by atoms with E-state index in [-0.39, 0.29) is 6.61 Å². The van der Waals surface area contributed by atoms with Gasteiger partial charge in [0.1, 0.15) is 19.0 Å². The lowest BCUT2D eigenvalue weighted by Crippen LogP contribution is -2.10. The molecule has 0 fully saturated rings. The quantitative estimate of drug-likeness (QED) is 0.598. The molecule has 0 spiro atoms. The van der Waals surface area contributed by atoms with Gasteiger partial charge in [-0.25, -0.2) is 0 Å². The molecule has 0 aliphatic heterocycles. The second-order valence-corrected chi connectivity index (χ2v) is 7.70. The molecule has 0 aromatic heterocycles. The zero-order valence-electron chi connectivity index (χ0n) is 14.5. The molecule has 3 rings (SSSR count). The van der Waals surface area contributed by atoms with Crippen molar-refractivity contribution in [2.75, 3.05) is 6.26 Å². The Labute approximate surface area is 154 Å². The van der Waals surface area contributed by atoms with Crippen molar-refractivity contribution in [2.24, 2.45) is 0 Å². The maximum Gasteiger partial charge on any atom is 0.350 e. The zero-order chi connectivity index (χ0) is 18.4. The third kappa shape index (κ3) is 5.52. The summed E-state index contributed by atoms with van der Waals surface area (Å²) in [5.74, 6) is 0.808. The van der Waals surface area contributed by atoms with E-state index in [4.69, 9.17) is 8.92 Å². The van der Waals surface area contributed by atoms with Crippen LogP contribution >= 0.6 is 0 Å². The Hall–Kier alpha value is -2.47. The molecule has 26 heavy (non-hydrogen) atoms. The Morgan fingerprint density at radius 2 is 1.50 bits per heavy atom. The van der Waals surface area contributed by atoms with E-state index in [0.29, 0.717) is 6.61 Å². The molecule has 1 N–H and O–H groups in total. The van der Waals surface area contributed by atoms with Gasteiger partial charge in [0.05, 0.1) is 0 Å². The normalized spacial score (nSPS) is 13.2. The Morgan fingerprint density at radius 1 is 0.808 bits per heavy atom. The number of rotatable bonds is 7. The average Bonchev–Trinajstić information content (AvgIpc) is 2.66. The Kier molecular flexibility index (Phi) is 5.83. The van der Waals surface area contributed by atoms with E-state index in [2.05, 4.69) is 0 Å². The highest BCUT2D eigenvalue weighted by Crippen LogP contribution is 2.24. The Morgan fingerprint density at radius 3 is 2.19 bits per heavy atom. The van der Waals surface area contributed by atoms with Crippen LogP contribution in [0.1, 0.15) is 11.1 Å². The van der Waals surface area contributed by atoms with Crippen molar-refractivity contribution in [1.29, 1.82) is 0 Å². The van der Waals surface area contributed by atoms with E-state index in [1.165, 1.54) is 0 Å². The van der Waals surface area contributed by atoms with Gasteiger partial charge in [-0.1, -0.05) is 60.7 Å². The van der Waals surface area contributed by atoms with Crippen molar-refractivity contribution in [3.05, 3.63) is 90.0 Å². The fourth-order valence-corrected chi connectivity index (χ4v) is 2.86. The third-order valence-electron chi connectivity index (χ3n) is 3.81. The van der Waals surface area contributed by atoms with Crippen LogP contribution in [0.5, 0.6) is 5.75 Å². The molecule has 0 saturated heterocycles. The van der Waals surface area contributed by atoms with E-state index < -0.39 is 10.5 Å². The van der Waals surface area contributed by atoms with Crippen molar-refractivity contribution < 1.29 is 17.7 Å². The molecule has 1 atom stereocenters. The monoisotopic (exact) mass is 369 g/mol. The smallest absolute Gasteiger partial charge is 0.350 e. The van der Waals surface area contributed by atoms with Gasteiger partial charge in [0, 0.05) is 0 Å². The summed E-state index contributed by atoms with van der Waals surface area (Å²) in [6.45, 7) is 0.627. The van der Waals surface area contributed by atoms with Crippen LogP contribution in [0.3, 0.4) is 0 Å². The minimum Gasteiger partial charge on any atom is -0.489 e. The van der Waals surface area contributed by atoms with Gasteiger partial charge in [-0.2, -0.15) is 4.55 Å². The minimum absolute atomic E-state index is 0.0952. The molecular formula is C21H21O4S+. The van der Waals surface area contributed by atoms with E-state index in [1.807, 2.05) is 78.9 Å². The van der Waals surface area contributed by atoms with Crippen LogP contribution in [0, 0.1) is 0 Å². The first-order chi connectivity index (χ1) is 12.5. The molecule has 0 heterocycles. The van der Waals surface area contributed by atoms with Crippen molar-refractivity contribution in [1.82, 2.24) is 0 Å². The molecule has 0 aliphatic carbocycles. The summed E-state index contributed by atoms with van der Waals surface area (Å²) in [7, 11) is -3.20. The predicted octanol–water partition coefficient (Wildman–Crippen LogP) is 4.97. The fourth-order valence-electron chi connectivity index (χ4n) is 2.50. The van der Waals surface area contributed by atoms with E-state index in [0.717, 1.165) is 34.3 Å². The number of hydrogen-bond donors (Lipinski definition) is 1. The lowest BCUT2D eigenvalue weighted by atomic mass is 10.0. The van der Waals surface area contributed by atoms with Gasteiger partial charge >= 0.3 is 10.5 Å². The standard InChI is InChI=1S/C21H20O4S/c1-26(22,23)25-16-18-8-5-9-20(14-18)19-10-12-21(13-11-19)24-15-17-6-3-2-4-7-17/h2-14H,15-16H2,1H3/p+1. The van der Waals surface area contributed by atoms with Crippen LogP contribution in [-0.2, 0) is 32.1 Å². The summed E-state index contributed by atoms with van der Waals surface area (Å²) in [5, 5.41) is 0. The van der Waals surface area contributed by atoms with E-state index >= 15 is 0 Å². The van der Waals surface area contributed by atoms with E-state index in [9.17, 15) is 8.76 Å². The highest BCUT2D eigenvalue weighted by atomic mass is 32.3. The lowest BCUT2D eigenvalue weighted by molar-refractivity contribution is 0.274. The van der Waals surface area contributed by atoms with Gasteiger partial charge in [0.2, 0.25) is 0 Å². The molecular weight excluding hydrogens is 348 g/mol. The summed E-state index contributed by atoms with van der Waals surface area (Å²) in [6, 6.07) is 25.6. The van der Waals surface area contributed by atoms with Gasteiger partial charge in [-0.3, -0.25) is 0 Å². The van der Waals surface area contributed by atoms with Crippen LogP contribution in [0.25, 0.3) is 11.1 Å². The highest BCUT2D eigenvalue weighted by molar-refractivity contribution is 7.92. The molecule has 3 aromatic carbocycles. The molecule has 0 bridgehead atoms. The molecule has 0 radical (unpaired) electrons. The molecule has 5 heteroatoms. The van der Waals surface area contributed by atoms with Crippen molar-refractivity contribution in [3.8, 4) is 16.9 Å². The average molecular weight is 369 g/mol. The van der Waals surface area contributed by atoms with Crippen LogP contribution in [-0.4, -0.2) is 10.8 Å². The lowest BCUT2D eigenvalue weighted by Gasteiger charge is -2.08. The topological polar surface area (TPSA) is 55.8 Å². The number of hydrogen-bond acceptors (Lipinski definition) is 3. The first-order valence-corrected chi connectivity index (χ1v) is 10.1. The van der Waals surface area contributed by atoms with Crippen LogP contribution in [0.15, 0.2) is 78.9 Å². The maximum absolute atomic E-state index is 11.2. The molecule has 4 nitrogen and oxygen atoms in total. The van der Waals surface area contributed by atoms with Crippen molar-refractivity contribution in [3.63, 3.8) is 0 Å². The SMILES string of the molecule is C[S+](=O)(O)OCc1cccc(-c2ccc(OCc3ccccc3)cc2)c1. The predicted molar refractivity (Wildman–Crippen MR) is 104 cm³/mol. The second-order valence-electron chi connectivity index (χ2n) is 5.99. The Bertz CT molecular complexity index is 885. The number of benzene rings is 3. The summed E-state index contributed by atoms with van der Waals surface area (Å²) < 4.78 is 31.2. The van der Waals surface area contributed by atoms with Crippen molar-refractivity contribution >= 4 is 10.5 Å². The summed E-state index contributed by atoms with van der Waals surface area (Å²) >= 11 is 0. The van der Waals surface area contributed by atoms with Crippen LogP contribution < -0.4 is 4.74 Å². The number of ether oxygens (including phenoxy) is 1. The first kappa shape index (κ1) is 18.3. The first-order valence-electron chi connectivity index (χ1n) is 8.22. The van der Waals surface area contributed by atoms with Gasteiger partial charge in [-0.15, -0.1) is 4.18 Å². The third-order valence-corrected chi connectivity index (χ3v) is 4.36. The molecule has 0 saturated carbocycles. The van der Waals surface area contributed by atoms with E-state index in [1.54, 1.807) is 0 Å². The zero-order valence-corrected chi connectivity index (χ0v) is 15.3. The molecule has 0 amide bonds. The van der Waals surface area contributed by atoms with Crippen LogP contribution in [0.2, 0.25) is 0 Å². The fraction of sp³-hybridized carbons (Fsp3) is 0.143. The largest absolute Gasteiger partial charge is 0.489 e.